The van der Waals surface area contributed by atoms with Crippen molar-refractivity contribution in [2.75, 3.05) is 0 Å². The second-order valence-electron chi connectivity index (χ2n) is 8.88. The third-order valence-corrected chi connectivity index (χ3v) is 7.29. The molecule has 32 heavy (non-hydrogen) atoms. The van der Waals surface area contributed by atoms with Crippen molar-refractivity contribution in [2.24, 2.45) is 0 Å². The molecule has 1 aliphatic rings. The Morgan fingerprint density at radius 3 is 2.34 bits per heavy atom. The molecule has 5 rings (SSSR count). The van der Waals surface area contributed by atoms with Crippen molar-refractivity contribution in [1.29, 1.82) is 0 Å². The Kier molecular flexibility index (Phi) is 5.53. The number of hydrogen-bond acceptors (Lipinski definition) is 5. The second kappa shape index (κ2) is 8.36. The zero-order chi connectivity index (χ0) is 22.2. The van der Waals surface area contributed by atoms with Crippen LogP contribution >= 0.6 is 11.3 Å². The predicted molar refractivity (Wildman–Crippen MR) is 131 cm³/mol. The normalized spacial score (nSPS) is 20.0. The van der Waals surface area contributed by atoms with Gasteiger partial charge in [-0.2, -0.15) is 0 Å². The number of benzene rings is 3. The van der Waals surface area contributed by atoms with Crippen LogP contribution in [0.25, 0.3) is 10.2 Å². The smallest absolute Gasteiger partial charge is 0.487 e. The van der Waals surface area contributed by atoms with E-state index in [9.17, 15) is 0 Å². The van der Waals surface area contributed by atoms with E-state index in [0.717, 1.165) is 32.0 Å². The molecule has 3 aromatic carbocycles. The molecule has 2 heterocycles. The van der Waals surface area contributed by atoms with E-state index in [0.29, 0.717) is 13.0 Å². The number of aromatic nitrogens is 1. The lowest BCUT2D eigenvalue weighted by atomic mass is 9.79. The third-order valence-electron chi connectivity index (χ3n) is 6.27. The maximum atomic E-state index is 6.50. The molecule has 6 heteroatoms. The summed E-state index contributed by atoms with van der Waals surface area (Å²) in [7, 11) is -0.379. The van der Waals surface area contributed by atoms with E-state index in [4.69, 9.17) is 19.0 Å². The van der Waals surface area contributed by atoms with E-state index in [2.05, 4.69) is 39.0 Å². The van der Waals surface area contributed by atoms with Gasteiger partial charge < -0.3 is 14.0 Å². The molecule has 1 unspecified atom stereocenters. The molecule has 0 radical (unpaired) electrons. The average molecular weight is 443 g/mol. The largest absolute Gasteiger partial charge is 0.494 e. The highest BCUT2D eigenvalue weighted by Crippen LogP contribution is 2.41. The standard InChI is InChI=1S/C26H26BNO3S/c1-25(2)26(3,31-27(30-25)20-13-8-5-9-14-20)17-23-28-24-21(15-10-16-22(24)32-23)29-18-19-11-6-4-7-12-19/h4-16H,17-18H2,1-3H3. The molecule has 1 aliphatic heterocycles. The van der Waals surface area contributed by atoms with Crippen LogP contribution in [0.2, 0.25) is 0 Å². The van der Waals surface area contributed by atoms with Gasteiger partial charge in [-0.25, -0.2) is 4.98 Å². The summed E-state index contributed by atoms with van der Waals surface area (Å²) >= 11 is 1.69. The molecule has 162 valence electrons. The van der Waals surface area contributed by atoms with Gasteiger partial charge in [0.05, 0.1) is 20.9 Å². The molecule has 0 aliphatic carbocycles. The number of rotatable bonds is 6. The van der Waals surface area contributed by atoms with Crippen molar-refractivity contribution in [3.8, 4) is 5.75 Å². The zero-order valence-corrected chi connectivity index (χ0v) is 19.4. The molecular formula is C26H26BNO3S. The summed E-state index contributed by atoms with van der Waals surface area (Å²) in [6, 6.07) is 26.4. The van der Waals surface area contributed by atoms with Gasteiger partial charge in [0.1, 0.15) is 17.9 Å². The van der Waals surface area contributed by atoms with Gasteiger partial charge in [-0.15, -0.1) is 11.3 Å². The van der Waals surface area contributed by atoms with Crippen LogP contribution in [0, 0.1) is 0 Å². The molecule has 0 bridgehead atoms. The van der Waals surface area contributed by atoms with E-state index in [1.807, 2.05) is 60.7 Å². The summed E-state index contributed by atoms with van der Waals surface area (Å²) in [5.74, 6) is 0.809. The van der Waals surface area contributed by atoms with Crippen molar-refractivity contribution in [3.63, 3.8) is 0 Å². The first-order chi connectivity index (χ1) is 15.4. The minimum Gasteiger partial charge on any atom is -0.487 e. The summed E-state index contributed by atoms with van der Waals surface area (Å²) in [6.07, 6.45) is 0.667. The Labute approximate surface area is 193 Å². The zero-order valence-electron chi connectivity index (χ0n) is 18.6. The van der Waals surface area contributed by atoms with Crippen LogP contribution in [-0.2, 0) is 22.3 Å². The fourth-order valence-corrected chi connectivity index (χ4v) is 5.11. The quantitative estimate of drug-likeness (QED) is 0.375. The number of para-hydroxylation sites is 1. The first-order valence-electron chi connectivity index (χ1n) is 10.9. The van der Waals surface area contributed by atoms with E-state index in [1.54, 1.807) is 11.3 Å². The van der Waals surface area contributed by atoms with Crippen molar-refractivity contribution in [1.82, 2.24) is 4.98 Å². The van der Waals surface area contributed by atoms with E-state index in [-0.39, 0.29) is 7.12 Å². The van der Waals surface area contributed by atoms with Crippen LogP contribution in [-0.4, -0.2) is 23.3 Å². The summed E-state index contributed by atoms with van der Waals surface area (Å²) in [4.78, 5) is 4.95. The number of hydrogen-bond donors (Lipinski definition) is 0. The summed E-state index contributed by atoms with van der Waals surface area (Å²) in [5.41, 5.74) is 2.11. The molecule has 1 aromatic heterocycles. The molecular weight excluding hydrogens is 417 g/mol. The molecule has 1 fully saturated rings. The fourth-order valence-electron chi connectivity index (χ4n) is 3.98. The molecule has 4 nitrogen and oxygen atoms in total. The number of thiazole rings is 1. The highest BCUT2D eigenvalue weighted by Gasteiger charge is 2.54. The highest BCUT2D eigenvalue weighted by atomic mass is 32.1. The highest BCUT2D eigenvalue weighted by molar-refractivity contribution is 7.18. The van der Waals surface area contributed by atoms with Gasteiger partial charge in [-0.3, -0.25) is 0 Å². The molecule has 1 saturated heterocycles. The Morgan fingerprint density at radius 1 is 0.875 bits per heavy atom. The summed E-state index contributed by atoms with van der Waals surface area (Å²) < 4.78 is 20.1. The molecule has 0 spiro atoms. The maximum absolute atomic E-state index is 6.50. The second-order valence-corrected chi connectivity index (χ2v) is 10.00. The molecule has 0 amide bonds. The Balaban J connectivity index is 1.38. The number of ether oxygens (including phenoxy) is 1. The van der Waals surface area contributed by atoms with Gasteiger partial charge in [0.15, 0.2) is 0 Å². The first kappa shape index (κ1) is 21.2. The molecule has 4 aromatic rings. The van der Waals surface area contributed by atoms with Crippen LogP contribution in [0.3, 0.4) is 0 Å². The van der Waals surface area contributed by atoms with E-state index in [1.165, 1.54) is 0 Å². The third kappa shape index (κ3) is 4.06. The minimum atomic E-state index is -0.507. The van der Waals surface area contributed by atoms with Gasteiger partial charge in [0, 0.05) is 6.42 Å². The Morgan fingerprint density at radius 2 is 1.59 bits per heavy atom. The van der Waals surface area contributed by atoms with Crippen LogP contribution in [0.1, 0.15) is 31.3 Å². The van der Waals surface area contributed by atoms with Crippen LogP contribution in [0.4, 0.5) is 0 Å². The molecule has 0 N–H and O–H groups in total. The van der Waals surface area contributed by atoms with Crippen molar-refractivity contribution < 1.29 is 14.0 Å². The van der Waals surface area contributed by atoms with Gasteiger partial charge in [0.2, 0.25) is 0 Å². The van der Waals surface area contributed by atoms with Crippen molar-refractivity contribution in [3.05, 3.63) is 89.4 Å². The lowest BCUT2D eigenvalue weighted by Crippen LogP contribution is -2.46. The monoisotopic (exact) mass is 443 g/mol. The minimum absolute atomic E-state index is 0.379. The average Bonchev–Trinajstić information content (AvgIpc) is 3.31. The van der Waals surface area contributed by atoms with Gasteiger partial charge in [-0.05, 0) is 43.9 Å². The summed E-state index contributed by atoms with van der Waals surface area (Å²) in [5, 5.41) is 1.02. The number of fused-ring (bicyclic) bond motifs is 1. The lowest BCUT2D eigenvalue weighted by molar-refractivity contribution is -0.00877. The van der Waals surface area contributed by atoms with Crippen LogP contribution in [0.15, 0.2) is 78.9 Å². The van der Waals surface area contributed by atoms with Crippen molar-refractivity contribution >= 4 is 34.1 Å². The van der Waals surface area contributed by atoms with Gasteiger partial charge in [-0.1, -0.05) is 66.7 Å². The van der Waals surface area contributed by atoms with E-state index >= 15 is 0 Å². The summed E-state index contributed by atoms with van der Waals surface area (Å²) in [6.45, 7) is 6.83. The topological polar surface area (TPSA) is 40.6 Å². The van der Waals surface area contributed by atoms with Crippen LogP contribution in [0.5, 0.6) is 5.75 Å². The first-order valence-corrected chi connectivity index (χ1v) is 11.7. The predicted octanol–water partition coefficient (Wildman–Crippen LogP) is 5.40. The Hall–Kier alpha value is -2.67. The van der Waals surface area contributed by atoms with E-state index < -0.39 is 11.2 Å². The van der Waals surface area contributed by atoms with Crippen LogP contribution < -0.4 is 10.2 Å². The lowest BCUT2D eigenvalue weighted by Gasteiger charge is -2.35. The Bertz CT molecular complexity index is 1210. The van der Waals surface area contributed by atoms with Gasteiger partial charge in [0.25, 0.3) is 0 Å². The maximum Gasteiger partial charge on any atom is 0.494 e. The molecule has 0 saturated carbocycles. The fraction of sp³-hybridized carbons (Fsp3) is 0.269. The number of nitrogens with zero attached hydrogens (tertiary/aromatic N) is 1. The molecule has 1 atom stereocenters. The van der Waals surface area contributed by atoms with Crippen molar-refractivity contribution in [2.45, 2.75) is 45.0 Å². The SMILES string of the molecule is CC1(C)OB(c2ccccc2)OC1(C)Cc1nc2c(OCc3ccccc3)cccc2s1. The van der Waals surface area contributed by atoms with Gasteiger partial charge >= 0.3 is 7.12 Å².